The minimum atomic E-state index is -1.16. The predicted molar refractivity (Wildman–Crippen MR) is 112 cm³/mol. The van der Waals surface area contributed by atoms with Crippen LogP contribution in [0.2, 0.25) is 18.1 Å². The third-order valence-corrected chi connectivity index (χ3v) is 11.8. The van der Waals surface area contributed by atoms with Gasteiger partial charge in [0.15, 0.2) is 0 Å². The average molecular weight is 351 g/mol. The lowest BCUT2D eigenvalue weighted by Gasteiger charge is -2.32. The molecule has 0 atom stereocenters. The summed E-state index contributed by atoms with van der Waals surface area (Å²) >= 11 is 4.94. The molecule has 1 aromatic rings. The Morgan fingerprint density at radius 3 is 1.39 bits per heavy atom. The van der Waals surface area contributed by atoms with E-state index in [2.05, 4.69) is 74.4 Å². The smallest absolute Gasteiger partial charge is 0.0571 e. The van der Waals surface area contributed by atoms with Crippen molar-refractivity contribution in [2.75, 3.05) is 0 Å². The van der Waals surface area contributed by atoms with Crippen LogP contribution in [0.1, 0.15) is 79.0 Å². The molecule has 2 heteroatoms. The Hall–Kier alpha value is -0.213. The third-order valence-electron chi connectivity index (χ3n) is 5.61. The van der Waals surface area contributed by atoms with E-state index in [-0.39, 0.29) is 10.8 Å². The molecule has 0 radical (unpaired) electrons. The fourth-order valence-electron chi connectivity index (χ4n) is 3.50. The van der Waals surface area contributed by atoms with Crippen LogP contribution in [0.3, 0.4) is 0 Å². The first-order valence-corrected chi connectivity index (χ1v) is 12.5. The van der Waals surface area contributed by atoms with Crippen molar-refractivity contribution >= 4 is 20.7 Å². The average Bonchev–Trinajstić information content (AvgIpc) is 2.44. The summed E-state index contributed by atoms with van der Waals surface area (Å²) in [6.07, 6.45) is 0. The van der Waals surface area contributed by atoms with E-state index in [1.807, 2.05) is 0 Å². The van der Waals surface area contributed by atoms with Gasteiger partial charge in [-0.15, -0.1) is 12.6 Å². The van der Waals surface area contributed by atoms with Crippen LogP contribution in [0.15, 0.2) is 17.0 Å². The minimum Gasteiger partial charge on any atom is -0.143 e. The molecule has 0 nitrogen and oxygen atoms in total. The zero-order chi connectivity index (χ0) is 18.1. The minimum absolute atomic E-state index is 0.141. The molecule has 0 spiro atoms. The molecule has 0 bridgehead atoms. The van der Waals surface area contributed by atoms with Crippen molar-refractivity contribution < 1.29 is 0 Å². The molecule has 1 rings (SSSR count). The summed E-state index contributed by atoms with van der Waals surface area (Å²) in [6.45, 7) is 21.1. The second-order valence-corrected chi connectivity index (χ2v) is 15.2. The Morgan fingerprint density at radius 2 is 1.13 bits per heavy atom. The molecule has 0 aliphatic heterocycles. The molecular weight excluding hydrogens is 312 g/mol. The van der Waals surface area contributed by atoms with Crippen LogP contribution in [0.4, 0.5) is 0 Å². The molecule has 0 N–H and O–H groups in total. The molecule has 0 amide bonds. The predicted octanol–water partition coefficient (Wildman–Crippen LogP) is 7.16. The van der Waals surface area contributed by atoms with Crippen LogP contribution < -0.4 is 0 Å². The first-order valence-electron chi connectivity index (χ1n) is 9.27. The maximum absolute atomic E-state index is 4.94. The molecular formula is C21H38SSi. The van der Waals surface area contributed by atoms with E-state index in [9.17, 15) is 0 Å². The highest BCUT2D eigenvalue weighted by atomic mass is 32.1. The summed E-state index contributed by atoms with van der Waals surface area (Å²) < 4.78 is 0. The Balaban J connectivity index is 3.51. The zero-order valence-electron chi connectivity index (χ0n) is 16.9. The van der Waals surface area contributed by atoms with Gasteiger partial charge in [-0.3, -0.25) is 0 Å². The highest BCUT2D eigenvalue weighted by Crippen LogP contribution is 2.38. The van der Waals surface area contributed by atoms with E-state index in [0.717, 1.165) is 0 Å². The van der Waals surface area contributed by atoms with Gasteiger partial charge in [0.25, 0.3) is 0 Å². The molecule has 23 heavy (non-hydrogen) atoms. The van der Waals surface area contributed by atoms with Gasteiger partial charge in [0, 0.05) is 4.90 Å². The van der Waals surface area contributed by atoms with Crippen LogP contribution in [-0.2, 0) is 16.9 Å². The van der Waals surface area contributed by atoms with Crippen LogP contribution in [0.5, 0.6) is 0 Å². The van der Waals surface area contributed by atoms with Gasteiger partial charge in [-0.2, -0.15) is 0 Å². The largest absolute Gasteiger partial charge is 0.143 e. The Morgan fingerprint density at radius 1 is 0.783 bits per heavy atom. The van der Waals surface area contributed by atoms with Crippen molar-refractivity contribution in [2.24, 2.45) is 0 Å². The Kier molecular flexibility index (Phi) is 6.66. The van der Waals surface area contributed by atoms with Gasteiger partial charge in [-0.25, -0.2) is 0 Å². The molecule has 0 heterocycles. The third kappa shape index (κ3) is 4.89. The summed E-state index contributed by atoms with van der Waals surface area (Å²) in [6, 6.07) is 10.4. The highest BCUT2D eigenvalue weighted by molar-refractivity contribution is 7.80. The lowest BCUT2D eigenvalue weighted by Crippen LogP contribution is -2.35. The maximum Gasteiger partial charge on any atom is 0.0571 e. The van der Waals surface area contributed by atoms with Crippen molar-refractivity contribution in [3.63, 3.8) is 0 Å². The van der Waals surface area contributed by atoms with Crippen molar-refractivity contribution in [1.29, 1.82) is 0 Å². The quantitative estimate of drug-likeness (QED) is 0.422. The first-order chi connectivity index (χ1) is 10.4. The van der Waals surface area contributed by atoms with Crippen LogP contribution in [0, 0.1) is 0 Å². The van der Waals surface area contributed by atoms with E-state index in [4.69, 9.17) is 12.6 Å². The van der Waals surface area contributed by atoms with Gasteiger partial charge in [0.1, 0.15) is 0 Å². The van der Waals surface area contributed by atoms with Gasteiger partial charge in [-0.1, -0.05) is 92.6 Å². The molecule has 0 fully saturated rings. The summed E-state index contributed by atoms with van der Waals surface area (Å²) in [5, 5.41) is 0. The fourth-order valence-corrected chi connectivity index (χ4v) is 7.62. The lowest BCUT2D eigenvalue weighted by molar-refractivity contribution is 0.546. The topological polar surface area (TPSA) is 0 Å². The number of rotatable bonds is 5. The van der Waals surface area contributed by atoms with Crippen LogP contribution in [-0.4, -0.2) is 8.07 Å². The van der Waals surface area contributed by atoms with E-state index in [1.165, 1.54) is 40.2 Å². The van der Waals surface area contributed by atoms with Gasteiger partial charge in [-0.05, 0) is 33.6 Å². The number of hydrogen-bond acceptors (Lipinski definition) is 1. The normalized spacial score (nSPS) is 13.5. The summed E-state index contributed by atoms with van der Waals surface area (Å²) in [5.74, 6) is 0. The van der Waals surface area contributed by atoms with Gasteiger partial charge < -0.3 is 0 Å². The summed E-state index contributed by atoms with van der Waals surface area (Å²) in [4.78, 5) is 1.20. The number of hydrogen-bond donors (Lipinski definition) is 1. The van der Waals surface area contributed by atoms with E-state index >= 15 is 0 Å². The lowest BCUT2D eigenvalue weighted by atomic mass is 9.79. The molecule has 0 saturated heterocycles. The zero-order valence-corrected chi connectivity index (χ0v) is 18.8. The molecule has 0 saturated carbocycles. The molecule has 0 aliphatic rings. The summed E-state index contributed by atoms with van der Waals surface area (Å²) in [5.41, 5.74) is 4.66. The van der Waals surface area contributed by atoms with E-state index < -0.39 is 8.07 Å². The molecule has 0 unspecified atom stereocenters. The van der Waals surface area contributed by atoms with Gasteiger partial charge in [0.05, 0.1) is 8.07 Å². The van der Waals surface area contributed by atoms with Crippen molar-refractivity contribution in [2.45, 2.75) is 102 Å². The summed E-state index contributed by atoms with van der Waals surface area (Å²) in [7, 11) is -1.16. The van der Waals surface area contributed by atoms with Crippen molar-refractivity contribution in [3.05, 3.63) is 28.8 Å². The second kappa shape index (κ2) is 7.35. The maximum atomic E-state index is 4.94. The van der Waals surface area contributed by atoms with Crippen LogP contribution in [0.25, 0.3) is 0 Å². The van der Waals surface area contributed by atoms with Gasteiger partial charge in [0.2, 0.25) is 0 Å². The van der Waals surface area contributed by atoms with Crippen LogP contribution >= 0.6 is 12.6 Å². The molecule has 1 aromatic carbocycles. The van der Waals surface area contributed by atoms with Crippen molar-refractivity contribution in [3.8, 4) is 0 Å². The van der Waals surface area contributed by atoms with E-state index in [1.54, 1.807) is 5.56 Å². The number of thiol groups is 1. The van der Waals surface area contributed by atoms with E-state index in [0.29, 0.717) is 0 Å². The SMILES string of the molecule is CC[Si](CC)(CC)Cc1cc(C(C)(C)C)c(S)c(C(C)(C)C)c1. The monoisotopic (exact) mass is 350 g/mol. The Labute approximate surface area is 151 Å². The number of benzene rings is 1. The Bertz CT molecular complexity index is 484. The first kappa shape index (κ1) is 20.8. The second-order valence-electron chi connectivity index (χ2n) is 9.28. The molecule has 132 valence electrons. The fraction of sp³-hybridized carbons (Fsp3) is 0.714. The van der Waals surface area contributed by atoms with Crippen molar-refractivity contribution in [1.82, 2.24) is 0 Å². The molecule has 0 aromatic heterocycles. The van der Waals surface area contributed by atoms with Gasteiger partial charge >= 0.3 is 0 Å². The standard InChI is InChI=1S/C21H38SSi/c1-10-23(11-2,12-3)15-16-13-17(20(4,5)6)19(22)18(14-16)21(7,8)9/h13-14,22H,10-12,15H2,1-9H3. The highest BCUT2D eigenvalue weighted by Gasteiger charge is 2.30. The molecule has 0 aliphatic carbocycles.